The molecule has 3 rings (SSSR count). The van der Waals surface area contributed by atoms with Crippen LogP contribution in [0.2, 0.25) is 0 Å². The van der Waals surface area contributed by atoms with Gasteiger partial charge in [-0.05, 0) is 41.8 Å². The Kier molecular flexibility index (Phi) is 4.24. The number of carbonyl (C=O) groups is 1. The SMILES string of the molecule is Cc1nnc2n1CCC(N(C)C(=O)c1cncc(Br)c1)CC2. The van der Waals surface area contributed by atoms with Crippen LogP contribution in [0.25, 0.3) is 0 Å². The zero-order valence-electron chi connectivity index (χ0n) is 12.7. The fourth-order valence-corrected chi connectivity index (χ4v) is 3.27. The minimum Gasteiger partial charge on any atom is -0.339 e. The molecule has 0 N–H and O–H groups in total. The van der Waals surface area contributed by atoms with Crippen LogP contribution in [0.4, 0.5) is 0 Å². The van der Waals surface area contributed by atoms with Crippen LogP contribution in [0, 0.1) is 6.92 Å². The van der Waals surface area contributed by atoms with E-state index in [9.17, 15) is 4.79 Å². The fourth-order valence-electron chi connectivity index (χ4n) is 2.90. The maximum absolute atomic E-state index is 12.6. The van der Waals surface area contributed by atoms with Gasteiger partial charge in [-0.1, -0.05) is 0 Å². The minimum absolute atomic E-state index is 0.00758. The molecule has 2 aromatic heterocycles. The molecule has 0 aromatic carbocycles. The molecule has 1 aliphatic rings. The van der Waals surface area contributed by atoms with Gasteiger partial charge in [-0.2, -0.15) is 0 Å². The quantitative estimate of drug-likeness (QED) is 0.820. The molecule has 7 heteroatoms. The van der Waals surface area contributed by atoms with E-state index in [-0.39, 0.29) is 11.9 Å². The number of amides is 1. The summed E-state index contributed by atoms with van der Waals surface area (Å²) >= 11 is 3.36. The van der Waals surface area contributed by atoms with Crippen molar-refractivity contribution in [3.63, 3.8) is 0 Å². The first-order chi connectivity index (χ1) is 10.6. The number of rotatable bonds is 2. The van der Waals surface area contributed by atoms with Gasteiger partial charge in [0.25, 0.3) is 5.91 Å². The lowest BCUT2D eigenvalue weighted by atomic mass is 10.1. The largest absolute Gasteiger partial charge is 0.339 e. The maximum atomic E-state index is 12.6. The Morgan fingerprint density at radius 3 is 2.95 bits per heavy atom. The third-order valence-corrected chi connectivity index (χ3v) is 4.65. The molecule has 0 spiro atoms. The van der Waals surface area contributed by atoms with Gasteiger partial charge in [-0.25, -0.2) is 0 Å². The van der Waals surface area contributed by atoms with E-state index >= 15 is 0 Å². The van der Waals surface area contributed by atoms with Gasteiger partial charge in [-0.15, -0.1) is 10.2 Å². The second-order valence-corrected chi connectivity index (χ2v) is 6.52. The molecule has 2 aromatic rings. The number of halogens is 1. The summed E-state index contributed by atoms with van der Waals surface area (Å²) in [6.07, 6.45) is 5.95. The highest BCUT2D eigenvalue weighted by molar-refractivity contribution is 9.10. The topological polar surface area (TPSA) is 63.9 Å². The predicted molar refractivity (Wildman–Crippen MR) is 85.5 cm³/mol. The molecule has 1 unspecified atom stereocenters. The van der Waals surface area contributed by atoms with Crippen LogP contribution in [-0.4, -0.2) is 43.6 Å². The molecule has 0 bridgehead atoms. The van der Waals surface area contributed by atoms with E-state index in [1.54, 1.807) is 12.4 Å². The van der Waals surface area contributed by atoms with Crippen molar-refractivity contribution < 1.29 is 4.79 Å². The molecule has 3 heterocycles. The summed E-state index contributed by atoms with van der Waals surface area (Å²) in [5.41, 5.74) is 0.608. The second kappa shape index (κ2) is 6.16. The third kappa shape index (κ3) is 2.90. The molecule has 0 fully saturated rings. The molecule has 0 aliphatic carbocycles. The van der Waals surface area contributed by atoms with Crippen LogP contribution < -0.4 is 0 Å². The maximum Gasteiger partial charge on any atom is 0.255 e. The Hall–Kier alpha value is -1.76. The van der Waals surface area contributed by atoms with Crippen molar-refractivity contribution in [1.82, 2.24) is 24.6 Å². The average Bonchev–Trinajstić information content (AvgIpc) is 2.74. The van der Waals surface area contributed by atoms with Gasteiger partial charge in [0.15, 0.2) is 0 Å². The van der Waals surface area contributed by atoms with Crippen LogP contribution in [0.1, 0.15) is 34.8 Å². The zero-order chi connectivity index (χ0) is 15.7. The third-order valence-electron chi connectivity index (χ3n) is 4.22. The highest BCUT2D eigenvalue weighted by Gasteiger charge is 2.25. The van der Waals surface area contributed by atoms with Crippen LogP contribution in [0.15, 0.2) is 22.9 Å². The van der Waals surface area contributed by atoms with Gasteiger partial charge in [0.1, 0.15) is 11.6 Å². The predicted octanol–water partition coefficient (Wildman–Crippen LogP) is 2.22. The molecule has 116 valence electrons. The van der Waals surface area contributed by atoms with Crippen molar-refractivity contribution in [3.8, 4) is 0 Å². The van der Waals surface area contributed by atoms with Gasteiger partial charge < -0.3 is 9.47 Å². The number of nitrogens with zero attached hydrogens (tertiary/aromatic N) is 5. The summed E-state index contributed by atoms with van der Waals surface area (Å²) in [4.78, 5) is 18.5. The monoisotopic (exact) mass is 363 g/mol. The number of hydrogen-bond acceptors (Lipinski definition) is 4. The van der Waals surface area contributed by atoms with E-state index in [2.05, 4.69) is 35.7 Å². The van der Waals surface area contributed by atoms with Gasteiger partial charge in [0.2, 0.25) is 0 Å². The van der Waals surface area contributed by atoms with Gasteiger partial charge >= 0.3 is 0 Å². The standard InChI is InChI=1S/C15H18BrN5O/c1-10-18-19-14-4-3-13(5-6-21(10)14)20(2)15(22)11-7-12(16)9-17-8-11/h7-9,13H,3-6H2,1-2H3. The summed E-state index contributed by atoms with van der Waals surface area (Å²) in [7, 11) is 1.87. The van der Waals surface area contributed by atoms with E-state index < -0.39 is 0 Å². The zero-order valence-corrected chi connectivity index (χ0v) is 14.2. The van der Waals surface area contributed by atoms with Crippen molar-refractivity contribution in [2.75, 3.05) is 7.05 Å². The summed E-state index contributed by atoms with van der Waals surface area (Å²) in [6.45, 7) is 2.83. The van der Waals surface area contributed by atoms with Crippen molar-refractivity contribution in [1.29, 1.82) is 0 Å². The molecule has 0 radical (unpaired) electrons. The molecular weight excluding hydrogens is 346 g/mol. The van der Waals surface area contributed by atoms with Crippen molar-refractivity contribution >= 4 is 21.8 Å². The summed E-state index contributed by atoms with van der Waals surface area (Å²) in [6, 6.07) is 2.01. The number of aromatic nitrogens is 4. The lowest BCUT2D eigenvalue weighted by molar-refractivity contribution is 0.0715. The van der Waals surface area contributed by atoms with Crippen LogP contribution in [0.3, 0.4) is 0 Å². The van der Waals surface area contributed by atoms with Gasteiger partial charge in [-0.3, -0.25) is 9.78 Å². The van der Waals surface area contributed by atoms with Gasteiger partial charge in [0.05, 0.1) is 5.56 Å². The Labute approximate surface area is 137 Å². The number of aryl methyl sites for hydroxylation is 2. The van der Waals surface area contributed by atoms with Crippen LogP contribution in [-0.2, 0) is 13.0 Å². The summed E-state index contributed by atoms with van der Waals surface area (Å²) < 4.78 is 2.97. The Morgan fingerprint density at radius 2 is 2.18 bits per heavy atom. The first kappa shape index (κ1) is 15.1. The molecule has 22 heavy (non-hydrogen) atoms. The summed E-state index contributed by atoms with van der Waals surface area (Å²) in [5.74, 6) is 1.97. The Bertz CT molecular complexity index is 699. The Morgan fingerprint density at radius 1 is 1.36 bits per heavy atom. The van der Waals surface area contributed by atoms with Crippen molar-refractivity contribution in [2.45, 2.75) is 38.8 Å². The number of fused-ring (bicyclic) bond motifs is 1. The van der Waals surface area contributed by atoms with Crippen LogP contribution in [0.5, 0.6) is 0 Å². The fraction of sp³-hybridized carbons (Fsp3) is 0.467. The summed E-state index contributed by atoms with van der Waals surface area (Å²) in [5, 5.41) is 8.34. The van der Waals surface area contributed by atoms with E-state index in [0.717, 1.165) is 41.9 Å². The smallest absolute Gasteiger partial charge is 0.255 e. The van der Waals surface area contributed by atoms with E-state index in [4.69, 9.17) is 0 Å². The van der Waals surface area contributed by atoms with E-state index in [1.807, 2.05) is 24.9 Å². The molecule has 0 saturated heterocycles. The first-order valence-corrected chi connectivity index (χ1v) is 8.12. The van der Waals surface area contributed by atoms with Crippen molar-refractivity contribution in [2.24, 2.45) is 0 Å². The number of hydrogen-bond donors (Lipinski definition) is 0. The average molecular weight is 364 g/mol. The lowest BCUT2D eigenvalue weighted by Crippen LogP contribution is -2.37. The minimum atomic E-state index is 0.00758. The lowest BCUT2D eigenvalue weighted by Gasteiger charge is -2.27. The normalized spacial score (nSPS) is 17.7. The number of carbonyl (C=O) groups excluding carboxylic acids is 1. The van der Waals surface area contributed by atoms with E-state index in [1.165, 1.54) is 0 Å². The van der Waals surface area contributed by atoms with Gasteiger partial charge in [0, 0.05) is 42.9 Å². The second-order valence-electron chi connectivity index (χ2n) is 5.60. The first-order valence-electron chi connectivity index (χ1n) is 7.32. The van der Waals surface area contributed by atoms with Crippen LogP contribution >= 0.6 is 15.9 Å². The molecular formula is C15H18BrN5O. The molecule has 1 atom stereocenters. The molecule has 0 saturated carbocycles. The van der Waals surface area contributed by atoms with E-state index in [0.29, 0.717) is 5.56 Å². The highest BCUT2D eigenvalue weighted by Crippen LogP contribution is 2.20. The molecule has 6 nitrogen and oxygen atoms in total. The highest BCUT2D eigenvalue weighted by atomic mass is 79.9. The molecule has 1 aliphatic heterocycles. The van der Waals surface area contributed by atoms with Crippen molar-refractivity contribution in [3.05, 3.63) is 40.1 Å². The number of pyridine rings is 1. The Balaban J connectivity index is 1.73. The molecule has 1 amide bonds.